The predicted molar refractivity (Wildman–Crippen MR) is 69.4 cm³/mol. The molecule has 3 heterocycles. The minimum atomic E-state index is 0.450. The molecule has 94 valence electrons. The molecule has 0 aliphatic carbocycles. The largest absolute Gasteiger partial charge is 0.472 e. The average Bonchev–Trinajstić information content (AvgIpc) is 2.93. The van der Waals surface area contributed by atoms with E-state index in [0.717, 1.165) is 36.7 Å². The number of furan rings is 1. The maximum absolute atomic E-state index is 5.09. The first-order valence-electron chi connectivity index (χ1n) is 6.16. The molecule has 1 atom stereocenters. The fourth-order valence-electron chi connectivity index (χ4n) is 2.25. The van der Waals surface area contributed by atoms with E-state index in [0.29, 0.717) is 6.04 Å². The second-order valence-corrected chi connectivity index (χ2v) is 4.52. The normalized spacial score (nSPS) is 20.1. The zero-order valence-corrected chi connectivity index (χ0v) is 10.3. The summed E-state index contributed by atoms with van der Waals surface area (Å²) in [5, 5.41) is 3.38. The number of hydrogen-bond donors (Lipinski definition) is 1. The first-order valence-corrected chi connectivity index (χ1v) is 6.16. The molecule has 1 N–H and O–H groups in total. The Morgan fingerprint density at radius 3 is 3.17 bits per heavy atom. The van der Waals surface area contributed by atoms with E-state index in [4.69, 9.17) is 4.42 Å². The third kappa shape index (κ3) is 2.09. The molecular formula is C13H16N4O. The number of aromatic nitrogens is 2. The van der Waals surface area contributed by atoms with Crippen molar-refractivity contribution in [1.82, 2.24) is 15.3 Å². The van der Waals surface area contributed by atoms with Gasteiger partial charge in [-0.3, -0.25) is 0 Å². The van der Waals surface area contributed by atoms with E-state index in [9.17, 15) is 0 Å². The van der Waals surface area contributed by atoms with E-state index >= 15 is 0 Å². The quantitative estimate of drug-likeness (QED) is 0.868. The van der Waals surface area contributed by atoms with Crippen molar-refractivity contribution in [1.29, 1.82) is 0 Å². The molecule has 0 unspecified atom stereocenters. The molecule has 1 aliphatic heterocycles. The third-order valence-electron chi connectivity index (χ3n) is 3.27. The second kappa shape index (κ2) is 4.78. The van der Waals surface area contributed by atoms with Crippen molar-refractivity contribution >= 4 is 5.82 Å². The average molecular weight is 244 g/mol. The summed E-state index contributed by atoms with van der Waals surface area (Å²) in [5.41, 5.74) is 1.89. The van der Waals surface area contributed by atoms with Gasteiger partial charge < -0.3 is 14.6 Å². The molecular weight excluding hydrogens is 228 g/mol. The Bertz CT molecular complexity index is 511. The Kier molecular flexibility index (Phi) is 2.98. The highest BCUT2D eigenvalue weighted by Gasteiger charge is 2.19. The lowest BCUT2D eigenvalue weighted by Gasteiger charge is -2.34. The van der Waals surface area contributed by atoms with Crippen molar-refractivity contribution in [2.75, 3.05) is 24.5 Å². The Balaban J connectivity index is 1.91. The number of piperazine rings is 1. The van der Waals surface area contributed by atoms with E-state index in [-0.39, 0.29) is 0 Å². The molecule has 0 spiro atoms. The molecule has 2 aromatic rings. The number of hydrogen-bond acceptors (Lipinski definition) is 5. The van der Waals surface area contributed by atoms with Crippen molar-refractivity contribution in [2.45, 2.75) is 13.0 Å². The fraction of sp³-hybridized carbons (Fsp3) is 0.385. The molecule has 0 aromatic carbocycles. The van der Waals surface area contributed by atoms with Gasteiger partial charge in [0.05, 0.1) is 18.2 Å². The molecule has 0 saturated carbocycles. The van der Waals surface area contributed by atoms with Crippen LogP contribution in [0.15, 0.2) is 35.4 Å². The third-order valence-corrected chi connectivity index (χ3v) is 3.27. The highest BCUT2D eigenvalue weighted by Crippen LogP contribution is 2.22. The summed E-state index contributed by atoms with van der Waals surface area (Å²) in [6, 6.07) is 4.38. The van der Waals surface area contributed by atoms with E-state index in [2.05, 4.69) is 27.1 Å². The lowest BCUT2D eigenvalue weighted by atomic mass is 10.2. The smallest absolute Gasteiger partial charge is 0.132 e. The van der Waals surface area contributed by atoms with E-state index in [1.807, 2.05) is 12.1 Å². The van der Waals surface area contributed by atoms with Crippen LogP contribution in [0.4, 0.5) is 5.82 Å². The van der Waals surface area contributed by atoms with Gasteiger partial charge in [0.15, 0.2) is 0 Å². The van der Waals surface area contributed by atoms with Crippen molar-refractivity contribution in [3.63, 3.8) is 0 Å². The van der Waals surface area contributed by atoms with Gasteiger partial charge in [-0.25, -0.2) is 9.97 Å². The minimum absolute atomic E-state index is 0.450. The van der Waals surface area contributed by atoms with Crippen LogP contribution in [-0.4, -0.2) is 35.6 Å². The monoisotopic (exact) mass is 244 g/mol. The van der Waals surface area contributed by atoms with Gasteiger partial charge in [-0.05, 0) is 13.0 Å². The van der Waals surface area contributed by atoms with Gasteiger partial charge in [0.1, 0.15) is 12.1 Å². The molecule has 1 saturated heterocycles. The zero-order valence-electron chi connectivity index (χ0n) is 10.3. The van der Waals surface area contributed by atoms with Crippen molar-refractivity contribution in [3.05, 3.63) is 31.0 Å². The van der Waals surface area contributed by atoms with Crippen molar-refractivity contribution in [3.8, 4) is 11.3 Å². The maximum atomic E-state index is 5.09. The fourth-order valence-corrected chi connectivity index (χ4v) is 2.25. The highest BCUT2D eigenvalue weighted by atomic mass is 16.3. The molecule has 2 aromatic heterocycles. The van der Waals surface area contributed by atoms with Crippen LogP contribution in [0, 0.1) is 0 Å². The number of nitrogens with one attached hydrogen (secondary N) is 1. The first kappa shape index (κ1) is 11.2. The van der Waals surface area contributed by atoms with Gasteiger partial charge in [-0.2, -0.15) is 0 Å². The van der Waals surface area contributed by atoms with Crippen LogP contribution >= 0.6 is 0 Å². The molecule has 3 rings (SSSR count). The van der Waals surface area contributed by atoms with Crippen LogP contribution in [0.2, 0.25) is 0 Å². The van der Waals surface area contributed by atoms with Crippen LogP contribution in [0.5, 0.6) is 0 Å². The minimum Gasteiger partial charge on any atom is -0.472 e. The predicted octanol–water partition coefficient (Wildman–Crippen LogP) is 1.53. The summed E-state index contributed by atoms with van der Waals surface area (Å²) in [7, 11) is 0. The summed E-state index contributed by atoms with van der Waals surface area (Å²) in [6.07, 6.45) is 4.98. The lowest BCUT2D eigenvalue weighted by molar-refractivity contribution is 0.497. The molecule has 5 heteroatoms. The second-order valence-electron chi connectivity index (χ2n) is 4.52. The summed E-state index contributed by atoms with van der Waals surface area (Å²) in [5.74, 6) is 0.982. The topological polar surface area (TPSA) is 54.2 Å². The summed E-state index contributed by atoms with van der Waals surface area (Å²) < 4.78 is 5.09. The van der Waals surface area contributed by atoms with Crippen molar-refractivity contribution < 1.29 is 4.42 Å². The van der Waals surface area contributed by atoms with Gasteiger partial charge in [0, 0.05) is 37.3 Å². The van der Waals surface area contributed by atoms with Gasteiger partial charge in [-0.1, -0.05) is 0 Å². The van der Waals surface area contributed by atoms with Crippen LogP contribution < -0.4 is 10.2 Å². The van der Waals surface area contributed by atoms with Crippen LogP contribution in [0.1, 0.15) is 6.92 Å². The number of rotatable bonds is 2. The van der Waals surface area contributed by atoms with Gasteiger partial charge in [0.2, 0.25) is 0 Å². The highest BCUT2D eigenvalue weighted by molar-refractivity contribution is 5.61. The molecule has 18 heavy (non-hydrogen) atoms. The molecule has 0 radical (unpaired) electrons. The lowest BCUT2D eigenvalue weighted by Crippen LogP contribution is -2.50. The van der Waals surface area contributed by atoms with E-state index in [1.54, 1.807) is 18.9 Å². The maximum Gasteiger partial charge on any atom is 0.132 e. The van der Waals surface area contributed by atoms with Crippen LogP contribution in [0.3, 0.4) is 0 Å². The summed E-state index contributed by atoms with van der Waals surface area (Å²) >= 11 is 0. The van der Waals surface area contributed by atoms with Crippen LogP contribution in [0.25, 0.3) is 11.3 Å². The molecule has 1 aliphatic rings. The van der Waals surface area contributed by atoms with Gasteiger partial charge in [0.25, 0.3) is 0 Å². The van der Waals surface area contributed by atoms with E-state index < -0.39 is 0 Å². The zero-order chi connectivity index (χ0) is 12.4. The molecule has 0 bridgehead atoms. The van der Waals surface area contributed by atoms with Gasteiger partial charge >= 0.3 is 0 Å². The van der Waals surface area contributed by atoms with Crippen molar-refractivity contribution in [2.24, 2.45) is 0 Å². The Labute approximate surface area is 106 Å². The summed E-state index contributed by atoms with van der Waals surface area (Å²) in [4.78, 5) is 11.0. The molecule has 0 amide bonds. The number of anilines is 1. The molecule has 5 nitrogen and oxygen atoms in total. The Morgan fingerprint density at radius 2 is 2.39 bits per heavy atom. The van der Waals surface area contributed by atoms with Gasteiger partial charge in [-0.15, -0.1) is 0 Å². The van der Waals surface area contributed by atoms with Crippen LogP contribution in [-0.2, 0) is 0 Å². The Hall–Kier alpha value is -1.88. The van der Waals surface area contributed by atoms with E-state index in [1.165, 1.54) is 0 Å². The molecule has 1 fully saturated rings. The SMILES string of the molecule is C[C@H]1CNCCN1c1cc(-c2ccoc2)ncn1. The number of nitrogens with zero attached hydrogens (tertiary/aromatic N) is 3. The standard InChI is InChI=1S/C13H16N4O/c1-10-7-14-3-4-17(10)13-6-12(15-9-16-13)11-2-5-18-8-11/h2,5-6,8-10,14H,3-4,7H2,1H3/t10-/m0/s1. The summed E-state index contributed by atoms with van der Waals surface area (Å²) in [6.45, 7) is 5.16. The Morgan fingerprint density at radius 1 is 1.44 bits per heavy atom. The first-order chi connectivity index (χ1) is 8.84.